The van der Waals surface area contributed by atoms with Crippen LogP contribution in [0.1, 0.15) is 39.5 Å². The van der Waals surface area contributed by atoms with Gasteiger partial charge in [-0.2, -0.15) is 0 Å². The topological polar surface area (TPSA) is 67.2 Å². The van der Waals surface area contributed by atoms with E-state index >= 15 is 0 Å². The molecule has 1 aliphatic rings. The number of amides is 2. The van der Waals surface area contributed by atoms with Gasteiger partial charge in [0.15, 0.2) is 0 Å². The van der Waals surface area contributed by atoms with Crippen molar-refractivity contribution < 1.29 is 9.59 Å². The molecule has 1 aromatic heterocycles. The van der Waals surface area contributed by atoms with Gasteiger partial charge in [-0.3, -0.25) is 19.5 Å². The molecule has 4 rings (SSSR count). The highest BCUT2D eigenvalue weighted by atomic mass is 35.5. The molecular formula is C27H31ClN4O2. The summed E-state index contributed by atoms with van der Waals surface area (Å²) in [4.78, 5) is 32.6. The first-order valence-corrected chi connectivity index (χ1v) is 12.3. The second-order valence-corrected chi connectivity index (χ2v) is 9.74. The van der Waals surface area contributed by atoms with E-state index in [0.717, 1.165) is 42.6 Å². The minimum atomic E-state index is -0.263. The first kappa shape index (κ1) is 24.0. The zero-order chi connectivity index (χ0) is 24.1. The van der Waals surface area contributed by atoms with Gasteiger partial charge in [0, 0.05) is 34.9 Å². The first-order chi connectivity index (χ1) is 16.4. The lowest BCUT2D eigenvalue weighted by Crippen LogP contribution is -2.43. The summed E-state index contributed by atoms with van der Waals surface area (Å²) in [7, 11) is 0. The van der Waals surface area contributed by atoms with E-state index in [-0.39, 0.29) is 30.2 Å². The molecule has 1 fully saturated rings. The molecule has 1 aliphatic carbocycles. The molecule has 178 valence electrons. The van der Waals surface area contributed by atoms with Crippen LogP contribution in [0, 0.1) is 11.8 Å². The quantitative estimate of drug-likeness (QED) is 0.444. The lowest BCUT2D eigenvalue weighted by molar-refractivity contribution is -0.138. The molecular weight excluding hydrogens is 448 g/mol. The minimum Gasteiger partial charge on any atom is -0.333 e. The molecule has 34 heavy (non-hydrogen) atoms. The molecule has 0 bridgehead atoms. The van der Waals surface area contributed by atoms with E-state index in [9.17, 15) is 9.59 Å². The summed E-state index contributed by atoms with van der Waals surface area (Å²) in [5.74, 6) is 0.523. The summed E-state index contributed by atoms with van der Waals surface area (Å²) in [5.41, 5.74) is 2.46. The fourth-order valence-electron chi connectivity index (χ4n) is 4.48. The highest BCUT2D eigenvalue weighted by molar-refractivity contribution is 6.30. The van der Waals surface area contributed by atoms with E-state index < -0.39 is 0 Å². The fourth-order valence-corrected chi connectivity index (χ4v) is 4.67. The Hall–Kier alpha value is -3.12. The Morgan fingerprint density at radius 3 is 2.53 bits per heavy atom. The van der Waals surface area contributed by atoms with Gasteiger partial charge in [0.05, 0.1) is 12.2 Å². The zero-order valence-corrected chi connectivity index (χ0v) is 20.5. The van der Waals surface area contributed by atoms with Crippen LogP contribution in [0.4, 0.5) is 5.95 Å². The van der Waals surface area contributed by atoms with E-state index in [1.54, 1.807) is 11.0 Å². The van der Waals surface area contributed by atoms with Gasteiger partial charge in [0.2, 0.25) is 17.8 Å². The maximum absolute atomic E-state index is 13.1. The molecule has 1 N–H and O–H groups in total. The van der Waals surface area contributed by atoms with Crippen LogP contribution in [0.2, 0.25) is 5.02 Å². The Balaban J connectivity index is 1.59. The first-order valence-electron chi connectivity index (χ1n) is 11.9. The van der Waals surface area contributed by atoms with Crippen LogP contribution in [0.25, 0.3) is 16.9 Å². The van der Waals surface area contributed by atoms with E-state index in [1.807, 2.05) is 59.3 Å². The Morgan fingerprint density at radius 1 is 1.12 bits per heavy atom. The van der Waals surface area contributed by atoms with E-state index in [1.165, 1.54) is 0 Å². The lowest BCUT2D eigenvalue weighted by atomic mass is 10.1. The number of nitrogens with zero attached hydrogens (tertiary/aromatic N) is 3. The van der Waals surface area contributed by atoms with Gasteiger partial charge in [-0.1, -0.05) is 74.7 Å². The maximum atomic E-state index is 13.1. The van der Waals surface area contributed by atoms with Crippen molar-refractivity contribution in [2.75, 3.05) is 18.4 Å². The second kappa shape index (κ2) is 10.9. The molecule has 2 aromatic carbocycles. The molecule has 0 unspecified atom stereocenters. The van der Waals surface area contributed by atoms with Crippen molar-refractivity contribution in [2.24, 2.45) is 11.8 Å². The molecule has 0 saturated heterocycles. The number of rotatable bonds is 8. The lowest BCUT2D eigenvalue weighted by Gasteiger charge is -2.26. The van der Waals surface area contributed by atoms with Crippen molar-refractivity contribution in [3.8, 4) is 16.9 Å². The Morgan fingerprint density at radius 2 is 1.85 bits per heavy atom. The molecule has 1 saturated carbocycles. The Labute approximate surface area is 205 Å². The summed E-state index contributed by atoms with van der Waals surface area (Å²) in [6.45, 7) is 4.69. The van der Waals surface area contributed by atoms with Crippen LogP contribution in [0.5, 0.6) is 0 Å². The highest BCUT2D eigenvalue weighted by Gasteiger charge is 2.29. The number of benzene rings is 2. The molecule has 0 atom stereocenters. The number of imidazole rings is 1. The summed E-state index contributed by atoms with van der Waals surface area (Å²) in [5, 5.41) is 3.54. The highest BCUT2D eigenvalue weighted by Crippen LogP contribution is 2.28. The Bertz CT molecular complexity index is 1140. The molecule has 3 aromatic rings. The van der Waals surface area contributed by atoms with Crippen LogP contribution < -0.4 is 5.32 Å². The average molecular weight is 479 g/mol. The van der Waals surface area contributed by atoms with Crippen molar-refractivity contribution in [3.63, 3.8) is 0 Å². The van der Waals surface area contributed by atoms with Gasteiger partial charge in [0.1, 0.15) is 0 Å². The van der Waals surface area contributed by atoms with E-state index in [4.69, 9.17) is 16.6 Å². The summed E-state index contributed by atoms with van der Waals surface area (Å²) >= 11 is 6.23. The van der Waals surface area contributed by atoms with Gasteiger partial charge in [-0.25, -0.2) is 4.98 Å². The number of carbonyl (C=O) groups is 2. The third kappa shape index (κ3) is 5.86. The standard InChI is InChI=1S/C27H31ClN4O2/c1-19(2)16-31(26(34)21-11-6-7-12-21)18-25(33)30-27-29-24(20-9-4-3-5-10-20)17-32(27)23-14-8-13-22(28)15-23/h3-5,8-10,13-15,17,19,21H,6-7,11-12,16,18H2,1-2H3,(H,29,30,33). The average Bonchev–Trinajstić information content (AvgIpc) is 3.49. The van der Waals surface area contributed by atoms with Crippen LogP contribution in [0.3, 0.4) is 0 Å². The fraction of sp³-hybridized carbons (Fsp3) is 0.370. The molecule has 2 amide bonds. The molecule has 7 heteroatoms. The number of aromatic nitrogens is 2. The van der Waals surface area contributed by atoms with Crippen molar-refractivity contribution in [2.45, 2.75) is 39.5 Å². The van der Waals surface area contributed by atoms with Gasteiger partial charge < -0.3 is 4.90 Å². The number of halogens is 1. The van der Waals surface area contributed by atoms with Crippen molar-refractivity contribution in [1.29, 1.82) is 0 Å². The predicted molar refractivity (Wildman–Crippen MR) is 136 cm³/mol. The largest absolute Gasteiger partial charge is 0.333 e. The molecule has 0 spiro atoms. The predicted octanol–water partition coefficient (Wildman–Crippen LogP) is 5.81. The van der Waals surface area contributed by atoms with Crippen LogP contribution in [-0.2, 0) is 9.59 Å². The third-order valence-electron chi connectivity index (χ3n) is 6.05. The van der Waals surface area contributed by atoms with Gasteiger partial charge >= 0.3 is 0 Å². The summed E-state index contributed by atoms with van der Waals surface area (Å²) in [6.07, 6.45) is 5.87. The van der Waals surface area contributed by atoms with Crippen LogP contribution in [0.15, 0.2) is 60.8 Å². The normalized spacial score (nSPS) is 13.9. The maximum Gasteiger partial charge on any atom is 0.246 e. The minimum absolute atomic E-state index is 0.0105. The number of hydrogen-bond acceptors (Lipinski definition) is 3. The molecule has 6 nitrogen and oxygen atoms in total. The summed E-state index contributed by atoms with van der Waals surface area (Å²) < 4.78 is 1.82. The van der Waals surface area contributed by atoms with Crippen molar-refractivity contribution in [3.05, 3.63) is 65.8 Å². The van der Waals surface area contributed by atoms with Crippen molar-refractivity contribution in [1.82, 2.24) is 14.5 Å². The summed E-state index contributed by atoms with van der Waals surface area (Å²) in [6, 6.07) is 17.2. The number of carbonyl (C=O) groups excluding carboxylic acids is 2. The number of hydrogen-bond donors (Lipinski definition) is 1. The van der Waals surface area contributed by atoms with E-state index in [0.29, 0.717) is 17.5 Å². The van der Waals surface area contributed by atoms with Gasteiger partial charge in [-0.05, 0) is 37.0 Å². The van der Waals surface area contributed by atoms with Crippen molar-refractivity contribution >= 4 is 29.4 Å². The third-order valence-corrected chi connectivity index (χ3v) is 6.28. The van der Waals surface area contributed by atoms with Crippen LogP contribution in [-0.4, -0.2) is 39.4 Å². The van der Waals surface area contributed by atoms with Crippen LogP contribution >= 0.6 is 11.6 Å². The molecule has 0 radical (unpaired) electrons. The SMILES string of the molecule is CC(C)CN(CC(=O)Nc1nc(-c2ccccc2)cn1-c1cccc(Cl)c1)C(=O)C1CCCC1. The monoisotopic (exact) mass is 478 g/mol. The molecule has 0 aliphatic heterocycles. The number of anilines is 1. The Kier molecular flexibility index (Phi) is 7.68. The van der Waals surface area contributed by atoms with Gasteiger partial charge in [0.25, 0.3) is 0 Å². The second-order valence-electron chi connectivity index (χ2n) is 9.31. The zero-order valence-electron chi connectivity index (χ0n) is 19.7. The number of nitrogens with one attached hydrogen (secondary N) is 1. The van der Waals surface area contributed by atoms with E-state index in [2.05, 4.69) is 19.2 Å². The smallest absolute Gasteiger partial charge is 0.246 e. The van der Waals surface area contributed by atoms with Gasteiger partial charge in [-0.15, -0.1) is 0 Å². The molecule has 1 heterocycles.